The summed E-state index contributed by atoms with van der Waals surface area (Å²) < 4.78 is 0. The molecule has 3 saturated carbocycles. The summed E-state index contributed by atoms with van der Waals surface area (Å²) in [4.78, 5) is 12.2. The number of fused-ring (bicyclic) bond motifs is 2. The standard InChI is InChI=1S/C15H26N2O2/c1-14(2)9-7-11(14)15(3,19)12(8-9)17-13(18)10-5-4-6-16-10/h9-12,16,19H,4-8H2,1-3H3,(H,17,18)/t9-,10-,11-,12+,15-/m0/s1. The second kappa shape index (κ2) is 4.19. The van der Waals surface area contributed by atoms with E-state index < -0.39 is 5.60 Å². The van der Waals surface area contributed by atoms with Crippen molar-refractivity contribution in [2.75, 3.05) is 6.54 Å². The second-order valence-electron chi connectivity index (χ2n) is 7.48. The molecule has 0 aromatic heterocycles. The van der Waals surface area contributed by atoms with Crippen LogP contribution in [0.3, 0.4) is 0 Å². The summed E-state index contributed by atoms with van der Waals surface area (Å²) in [6, 6.07) is -0.138. The molecule has 4 rings (SSSR count). The Morgan fingerprint density at radius 3 is 2.58 bits per heavy atom. The molecule has 4 fully saturated rings. The minimum atomic E-state index is -0.771. The smallest absolute Gasteiger partial charge is 0.237 e. The Hall–Kier alpha value is -0.610. The third-order valence-corrected chi connectivity index (χ3v) is 6.10. The Morgan fingerprint density at radius 2 is 2.05 bits per heavy atom. The summed E-state index contributed by atoms with van der Waals surface area (Å²) in [5, 5.41) is 17.1. The zero-order chi connectivity index (χ0) is 13.8. The van der Waals surface area contributed by atoms with Crippen molar-refractivity contribution in [1.29, 1.82) is 0 Å². The van der Waals surface area contributed by atoms with E-state index in [1.807, 2.05) is 6.92 Å². The normalized spacial score (nSPS) is 47.6. The van der Waals surface area contributed by atoms with E-state index in [4.69, 9.17) is 0 Å². The Balaban J connectivity index is 1.68. The number of hydrogen-bond donors (Lipinski definition) is 3. The van der Waals surface area contributed by atoms with Crippen LogP contribution in [0.5, 0.6) is 0 Å². The number of hydrogen-bond acceptors (Lipinski definition) is 3. The lowest BCUT2D eigenvalue weighted by molar-refractivity contribution is -0.209. The monoisotopic (exact) mass is 266 g/mol. The zero-order valence-electron chi connectivity index (χ0n) is 12.2. The highest BCUT2D eigenvalue weighted by Gasteiger charge is 2.63. The summed E-state index contributed by atoms with van der Waals surface area (Å²) in [6.07, 6.45) is 4.00. The Bertz CT molecular complexity index is 386. The number of aliphatic hydroxyl groups is 1. The predicted molar refractivity (Wildman–Crippen MR) is 73.6 cm³/mol. The van der Waals surface area contributed by atoms with Gasteiger partial charge < -0.3 is 15.7 Å². The van der Waals surface area contributed by atoms with Gasteiger partial charge >= 0.3 is 0 Å². The number of nitrogens with one attached hydrogen (secondary N) is 2. The molecule has 4 nitrogen and oxygen atoms in total. The zero-order valence-corrected chi connectivity index (χ0v) is 12.2. The predicted octanol–water partition coefficient (Wildman–Crippen LogP) is 1.04. The average Bonchev–Trinajstić information content (AvgIpc) is 2.84. The van der Waals surface area contributed by atoms with Gasteiger partial charge in [-0.2, -0.15) is 0 Å². The molecule has 1 heterocycles. The van der Waals surface area contributed by atoms with E-state index in [0.717, 1.165) is 32.2 Å². The van der Waals surface area contributed by atoms with Crippen molar-refractivity contribution < 1.29 is 9.90 Å². The van der Waals surface area contributed by atoms with Crippen molar-refractivity contribution in [2.24, 2.45) is 17.3 Å². The third kappa shape index (κ3) is 1.91. The number of carbonyl (C=O) groups is 1. The van der Waals surface area contributed by atoms with Gasteiger partial charge in [0, 0.05) is 0 Å². The SMILES string of the molecule is CC1(C)[C@@H]2C[C@@H](NC(=O)[C@@H]3CCCN3)[C@@](C)(O)[C@H]1C2. The molecule has 1 aliphatic heterocycles. The average molecular weight is 266 g/mol. The first-order chi connectivity index (χ1) is 8.83. The summed E-state index contributed by atoms with van der Waals surface area (Å²) in [5.74, 6) is 1.02. The van der Waals surface area contributed by atoms with Crippen molar-refractivity contribution in [3.05, 3.63) is 0 Å². The lowest BCUT2D eigenvalue weighted by Crippen LogP contribution is -2.70. The molecule has 0 unspecified atom stereocenters. The highest BCUT2D eigenvalue weighted by atomic mass is 16.3. The van der Waals surface area contributed by atoms with Gasteiger partial charge in [0.25, 0.3) is 0 Å². The minimum Gasteiger partial charge on any atom is -0.388 e. The molecule has 4 aliphatic rings. The molecule has 108 valence electrons. The van der Waals surface area contributed by atoms with Gasteiger partial charge in [-0.25, -0.2) is 0 Å². The Morgan fingerprint density at radius 1 is 1.32 bits per heavy atom. The van der Waals surface area contributed by atoms with Crippen LogP contribution in [0.4, 0.5) is 0 Å². The van der Waals surface area contributed by atoms with E-state index in [9.17, 15) is 9.90 Å². The Labute approximate surface area is 115 Å². The highest BCUT2D eigenvalue weighted by molar-refractivity contribution is 5.82. The first-order valence-corrected chi connectivity index (χ1v) is 7.59. The molecular formula is C15H26N2O2. The quantitative estimate of drug-likeness (QED) is 0.700. The number of carbonyl (C=O) groups excluding carboxylic acids is 1. The minimum absolute atomic E-state index is 0.0536. The van der Waals surface area contributed by atoms with Gasteiger partial charge in [-0.15, -0.1) is 0 Å². The molecule has 0 aromatic rings. The molecule has 1 saturated heterocycles. The van der Waals surface area contributed by atoms with Gasteiger partial charge in [-0.3, -0.25) is 4.79 Å². The summed E-state index contributed by atoms with van der Waals surface area (Å²) in [5.41, 5.74) is -0.553. The molecule has 0 spiro atoms. The molecule has 5 atom stereocenters. The molecule has 4 heteroatoms. The molecule has 0 aromatic carbocycles. The van der Waals surface area contributed by atoms with E-state index in [1.54, 1.807) is 0 Å². The largest absolute Gasteiger partial charge is 0.388 e. The maximum Gasteiger partial charge on any atom is 0.237 e. The van der Waals surface area contributed by atoms with Crippen LogP contribution in [0.25, 0.3) is 0 Å². The van der Waals surface area contributed by atoms with Crippen molar-refractivity contribution in [1.82, 2.24) is 10.6 Å². The lowest BCUT2D eigenvalue weighted by atomic mass is 9.43. The maximum atomic E-state index is 12.2. The molecule has 2 bridgehead atoms. The van der Waals surface area contributed by atoms with Crippen molar-refractivity contribution in [2.45, 2.75) is 64.1 Å². The van der Waals surface area contributed by atoms with Gasteiger partial charge in [0.2, 0.25) is 5.91 Å². The van der Waals surface area contributed by atoms with E-state index in [1.165, 1.54) is 0 Å². The van der Waals surface area contributed by atoms with E-state index in [2.05, 4.69) is 24.5 Å². The second-order valence-corrected chi connectivity index (χ2v) is 7.48. The fourth-order valence-corrected chi connectivity index (χ4v) is 4.56. The summed E-state index contributed by atoms with van der Waals surface area (Å²) >= 11 is 0. The maximum absolute atomic E-state index is 12.2. The number of rotatable bonds is 2. The molecule has 3 aliphatic carbocycles. The lowest BCUT2D eigenvalue weighted by Gasteiger charge is -2.65. The van der Waals surface area contributed by atoms with Gasteiger partial charge in [-0.1, -0.05) is 13.8 Å². The molecule has 19 heavy (non-hydrogen) atoms. The van der Waals surface area contributed by atoms with Crippen LogP contribution in [-0.2, 0) is 4.79 Å². The molecular weight excluding hydrogens is 240 g/mol. The Kier molecular flexibility index (Phi) is 2.95. The molecule has 0 radical (unpaired) electrons. The first-order valence-electron chi connectivity index (χ1n) is 7.59. The van der Waals surface area contributed by atoms with Gasteiger partial charge in [-0.05, 0) is 56.4 Å². The van der Waals surface area contributed by atoms with E-state index in [-0.39, 0.29) is 23.4 Å². The van der Waals surface area contributed by atoms with Crippen LogP contribution in [0, 0.1) is 17.3 Å². The van der Waals surface area contributed by atoms with Crippen molar-refractivity contribution in [3.8, 4) is 0 Å². The van der Waals surface area contributed by atoms with Crippen LogP contribution in [0.1, 0.15) is 46.5 Å². The van der Waals surface area contributed by atoms with Crippen LogP contribution in [0.15, 0.2) is 0 Å². The van der Waals surface area contributed by atoms with Crippen molar-refractivity contribution >= 4 is 5.91 Å². The van der Waals surface area contributed by atoms with E-state index in [0.29, 0.717) is 11.8 Å². The molecule has 3 N–H and O–H groups in total. The molecule has 1 amide bonds. The highest BCUT2D eigenvalue weighted by Crippen LogP contribution is 2.62. The topological polar surface area (TPSA) is 61.4 Å². The van der Waals surface area contributed by atoms with Crippen molar-refractivity contribution in [3.63, 3.8) is 0 Å². The van der Waals surface area contributed by atoms with Crippen LogP contribution in [0.2, 0.25) is 0 Å². The van der Waals surface area contributed by atoms with Gasteiger partial charge in [0.1, 0.15) is 0 Å². The summed E-state index contributed by atoms with van der Waals surface area (Å²) in [6.45, 7) is 7.33. The van der Waals surface area contributed by atoms with Gasteiger partial charge in [0.05, 0.1) is 17.7 Å². The fourth-order valence-electron chi connectivity index (χ4n) is 4.56. The van der Waals surface area contributed by atoms with Crippen LogP contribution in [-0.4, -0.2) is 35.2 Å². The van der Waals surface area contributed by atoms with Gasteiger partial charge in [0.15, 0.2) is 0 Å². The number of amides is 1. The van der Waals surface area contributed by atoms with Crippen LogP contribution < -0.4 is 10.6 Å². The van der Waals surface area contributed by atoms with E-state index >= 15 is 0 Å². The van der Waals surface area contributed by atoms with Crippen LogP contribution >= 0.6 is 0 Å². The first kappa shape index (κ1) is 13.4. The fraction of sp³-hybridized carbons (Fsp3) is 0.933. The summed E-state index contributed by atoms with van der Waals surface area (Å²) in [7, 11) is 0. The third-order valence-electron chi connectivity index (χ3n) is 6.10.